The van der Waals surface area contributed by atoms with Gasteiger partial charge in [0.2, 0.25) is 0 Å². The summed E-state index contributed by atoms with van der Waals surface area (Å²) in [6, 6.07) is 14.9. The van der Waals surface area contributed by atoms with Gasteiger partial charge in [-0.05, 0) is 34.9 Å². The van der Waals surface area contributed by atoms with Crippen molar-refractivity contribution < 1.29 is 23.9 Å². The van der Waals surface area contributed by atoms with E-state index in [9.17, 15) is 19.2 Å². The summed E-state index contributed by atoms with van der Waals surface area (Å²) >= 11 is 0. The van der Waals surface area contributed by atoms with E-state index >= 15 is 0 Å². The summed E-state index contributed by atoms with van der Waals surface area (Å²) in [6.07, 6.45) is 1.53. The summed E-state index contributed by atoms with van der Waals surface area (Å²) < 4.78 is 5.22. The van der Waals surface area contributed by atoms with Crippen molar-refractivity contribution >= 4 is 23.8 Å². The number of nitrogens with zero attached hydrogens (tertiary/aromatic N) is 2. The van der Waals surface area contributed by atoms with E-state index < -0.39 is 23.4 Å². The topological polar surface area (TPSA) is 144 Å². The maximum absolute atomic E-state index is 13.1. The molecule has 2 aliphatic heterocycles. The molecule has 5 amide bonds. The predicted molar refractivity (Wildman–Crippen MR) is 124 cm³/mol. The standard InChI is InChI=1S/C25H21N5O5/c1-35-18-8-4-16-12-30(22(32)19(16)10-18)13-25(23(33)28-24(34)29-25)17-6-2-14(3-7-17)15-5-9-20(21(26)31)27-11-15/h2-11H,12-13H2,1H3,(H2,26,31)(H2,28,29,33,34). The van der Waals surface area contributed by atoms with Crippen molar-refractivity contribution in [3.8, 4) is 16.9 Å². The summed E-state index contributed by atoms with van der Waals surface area (Å²) in [5, 5.41) is 5.02. The quantitative estimate of drug-likeness (QED) is 0.466. The number of pyridine rings is 1. The van der Waals surface area contributed by atoms with E-state index in [1.54, 1.807) is 42.5 Å². The van der Waals surface area contributed by atoms with Crippen LogP contribution in [-0.4, -0.2) is 47.3 Å². The molecule has 0 spiro atoms. The molecule has 4 N–H and O–H groups in total. The second kappa shape index (κ2) is 8.24. The number of primary amides is 1. The van der Waals surface area contributed by atoms with Gasteiger partial charge in [-0.25, -0.2) is 4.79 Å². The second-order valence-corrected chi connectivity index (χ2v) is 8.37. The van der Waals surface area contributed by atoms with Crippen LogP contribution in [0.2, 0.25) is 0 Å². The number of methoxy groups -OCH3 is 1. The molecule has 0 radical (unpaired) electrons. The number of hydrogen-bond acceptors (Lipinski definition) is 6. The van der Waals surface area contributed by atoms with Gasteiger partial charge in [-0.2, -0.15) is 0 Å². The van der Waals surface area contributed by atoms with Crippen molar-refractivity contribution in [2.24, 2.45) is 5.73 Å². The van der Waals surface area contributed by atoms with Gasteiger partial charge in [0.25, 0.3) is 17.7 Å². The fourth-order valence-electron chi connectivity index (χ4n) is 4.44. The molecule has 1 saturated heterocycles. The van der Waals surface area contributed by atoms with E-state index in [-0.39, 0.29) is 18.1 Å². The molecular formula is C25H21N5O5. The Morgan fingerprint density at radius 3 is 2.43 bits per heavy atom. The third-order valence-corrected chi connectivity index (χ3v) is 6.29. The SMILES string of the molecule is COc1ccc2c(c1)C(=O)N(CC1(c3ccc(-c4ccc(C(N)=O)nc4)cc3)NC(=O)NC1=O)C2. The minimum absolute atomic E-state index is 0.0470. The molecule has 1 fully saturated rings. The molecule has 2 aromatic carbocycles. The lowest BCUT2D eigenvalue weighted by atomic mass is 9.88. The van der Waals surface area contributed by atoms with Crippen LogP contribution in [0.15, 0.2) is 60.8 Å². The number of imide groups is 1. The van der Waals surface area contributed by atoms with Gasteiger partial charge in [0.05, 0.1) is 13.7 Å². The van der Waals surface area contributed by atoms with E-state index in [4.69, 9.17) is 10.5 Å². The van der Waals surface area contributed by atoms with Crippen LogP contribution < -0.4 is 21.1 Å². The molecule has 1 aromatic heterocycles. The first-order chi connectivity index (χ1) is 16.8. The normalized spacial score (nSPS) is 18.8. The average molecular weight is 471 g/mol. The number of carbonyl (C=O) groups is 4. The number of benzene rings is 2. The molecule has 10 nitrogen and oxygen atoms in total. The number of amides is 5. The van der Waals surface area contributed by atoms with Gasteiger partial charge in [-0.1, -0.05) is 36.4 Å². The van der Waals surface area contributed by atoms with E-state index in [0.29, 0.717) is 23.4 Å². The molecule has 5 rings (SSSR count). The van der Waals surface area contributed by atoms with E-state index in [1.165, 1.54) is 24.3 Å². The Bertz CT molecular complexity index is 1370. The third kappa shape index (κ3) is 3.74. The first-order valence-electron chi connectivity index (χ1n) is 10.8. The molecule has 0 bridgehead atoms. The Labute approximate surface area is 200 Å². The highest BCUT2D eigenvalue weighted by Gasteiger charge is 2.50. The smallest absolute Gasteiger partial charge is 0.322 e. The van der Waals surface area contributed by atoms with Crippen LogP contribution in [0.4, 0.5) is 4.79 Å². The fraction of sp³-hybridized carbons (Fsp3) is 0.160. The van der Waals surface area contributed by atoms with Crippen LogP contribution in [0.1, 0.15) is 32.0 Å². The van der Waals surface area contributed by atoms with Crippen molar-refractivity contribution in [3.63, 3.8) is 0 Å². The van der Waals surface area contributed by atoms with Gasteiger partial charge in [0.15, 0.2) is 5.54 Å². The summed E-state index contributed by atoms with van der Waals surface area (Å²) in [5.41, 5.74) is 7.32. The van der Waals surface area contributed by atoms with E-state index in [1.807, 2.05) is 6.07 Å². The zero-order valence-electron chi connectivity index (χ0n) is 18.7. The van der Waals surface area contributed by atoms with Crippen LogP contribution in [0, 0.1) is 0 Å². The number of rotatable bonds is 6. The van der Waals surface area contributed by atoms with Crippen molar-refractivity contribution in [2.75, 3.05) is 13.7 Å². The first kappa shape index (κ1) is 22.1. The average Bonchev–Trinajstić information content (AvgIpc) is 3.33. The van der Waals surface area contributed by atoms with Gasteiger partial charge in [0, 0.05) is 23.9 Å². The molecule has 0 saturated carbocycles. The Kier molecular flexibility index (Phi) is 5.20. The Hall–Kier alpha value is -4.73. The zero-order valence-corrected chi connectivity index (χ0v) is 18.7. The van der Waals surface area contributed by atoms with Crippen LogP contribution >= 0.6 is 0 Å². The predicted octanol–water partition coefficient (Wildman–Crippen LogP) is 1.55. The number of fused-ring (bicyclic) bond motifs is 1. The highest BCUT2D eigenvalue weighted by Crippen LogP contribution is 2.33. The molecular weight excluding hydrogens is 450 g/mol. The van der Waals surface area contributed by atoms with Gasteiger partial charge in [0.1, 0.15) is 11.4 Å². The summed E-state index contributed by atoms with van der Waals surface area (Å²) in [4.78, 5) is 55.1. The largest absolute Gasteiger partial charge is 0.497 e. The monoisotopic (exact) mass is 471 g/mol. The molecule has 1 atom stereocenters. The Morgan fingerprint density at radius 2 is 1.83 bits per heavy atom. The minimum Gasteiger partial charge on any atom is -0.497 e. The Morgan fingerprint density at radius 1 is 1.09 bits per heavy atom. The number of carbonyl (C=O) groups excluding carboxylic acids is 4. The van der Waals surface area contributed by atoms with Gasteiger partial charge in [-0.3, -0.25) is 24.7 Å². The van der Waals surface area contributed by atoms with Crippen LogP contribution in [-0.2, 0) is 16.9 Å². The highest BCUT2D eigenvalue weighted by atomic mass is 16.5. The zero-order chi connectivity index (χ0) is 24.7. The number of nitrogens with two attached hydrogens (primary N) is 1. The highest BCUT2D eigenvalue weighted by molar-refractivity contribution is 6.08. The summed E-state index contributed by atoms with van der Waals surface area (Å²) in [5.74, 6) is -0.836. The third-order valence-electron chi connectivity index (χ3n) is 6.29. The minimum atomic E-state index is -1.45. The molecule has 35 heavy (non-hydrogen) atoms. The second-order valence-electron chi connectivity index (χ2n) is 8.37. The van der Waals surface area contributed by atoms with Crippen LogP contribution in [0.5, 0.6) is 5.75 Å². The molecule has 1 unspecified atom stereocenters. The van der Waals surface area contributed by atoms with Gasteiger partial charge >= 0.3 is 6.03 Å². The molecule has 176 valence electrons. The number of urea groups is 1. The van der Waals surface area contributed by atoms with Crippen molar-refractivity contribution in [2.45, 2.75) is 12.1 Å². The maximum atomic E-state index is 13.1. The molecule has 3 aromatic rings. The van der Waals surface area contributed by atoms with Gasteiger partial charge < -0.3 is 20.7 Å². The lowest BCUT2D eigenvalue weighted by molar-refractivity contribution is -0.124. The van der Waals surface area contributed by atoms with Crippen LogP contribution in [0.25, 0.3) is 11.1 Å². The van der Waals surface area contributed by atoms with E-state index in [2.05, 4.69) is 15.6 Å². The van der Waals surface area contributed by atoms with Crippen molar-refractivity contribution in [1.82, 2.24) is 20.5 Å². The molecule has 2 aliphatic rings. The Balaban J connectivity index is 1.45. The lowest BCUT2D eigenvalue weighted by Crippen LogP contribution is -2.52. The van der Waals surface area contributed by atoms with Crippen LogP contribution in [0.3, 0.4) is 0 Å². The number of aromatic nitrogens is 1. The fourth-order valence-corrected chi connectivity index (χ4v) is 4.44. The summed E-state index contributed by atoms with van der Waals surface area (Å²) in [6.45, 7) is 0.258. The number of hydrogen-bond donors (Lipinski definition) is 3. The lowest BCUT2D eigenvalue weighted by Gasteiger charge is -2.31. The van der Waals surface area contributed by atoms with Crippen molar-refractivity contribution in [3.05, 3.63) is 83.2 Å². The van der Waals surface area contributed by atoms with Gasteiger partial charge in [-0.15, -0.1) is 0 Å². The molecule has 10 heteroatoms. The van der Waals surface area contributed by atoms with E-state index in [0.717, 1.165) is 16.7 Å². The number of ether oxygens (including phenoxy) is 1. The number of nitrogens with one attached hydrogen (secondary N) is 2. The first-order valence-corrected chi connectivity index (χ1v) is 10.8. The van der Waals surface area contributed by atoms with Crippen molar-refractivity contribution in [1.29, 1.82) is 0 Å². The summed E-state index contributed by atoms with van der Waals surface area (Å²) in [7, 11) is 1.53. The molecule has 0 aliphatic carbocycles. The maximum Gasteiger partial charge on any atom is 0.322 e. The molecule has 3 heterocycles.